The Morgan fingerprint density at radius 2 is 1.90 bits per heavy atom. The van der Waals surface area contributed by atoms with E-state index in [0.29, 0.717) is 30.5 Å². The van der Waals surface area contributed by atoms with Crippen molar-refractivity contribution in [3.8, 4) is 21.7 Å². The number of carbonyl (C=O) groups excluding carboxylic acids is 1. The fourth-order valence-electron chi connectivity index (χ4n) is 6.91. The van der Waals surface area contributed by atoms with E-state index in [2.05, 4.69) is 40.3 Å². The van der Waals surface area contributed by atoms with Gasteiger partial charge in [0.2, 0.25) is 5.91 Å². The fourth-order valence-corrected chi connectivity index (χ4v) is 8.35. The SMILES string of the molecule is CCN(C)CC(=O)N1Cc2nc(-c3cccc(-c4cccc(Nc5nccc6cc(CN7CCC(CC(=O)O)C7)cnc56)c4Cl)c3C)sc2C1. The zero-order valence-corrected chi connectivity index (χ0v) is 30.0. The van der Waals surface area contributed by atoms with Gasteiger partial charge in [0.15, 0.2) is 5.82 Å². The molecule has 0 radical (unpaired) electrons. The number of aromatic nitrogens is 3. The van der Waals surface area contributed by atoms with Crippen LogP contribution in [0.2, 0.25) is 5.02 Å². The maximum Gasteiger partial charge on any atom is 0.303 e. The van der Waals surface area contributed by atoms with Crippen LogP contribution < -0.4 is 5.32 Å². The van der Waals surface area contributed by atoms with Gasteiger partial charge in [0.05, 0.1) is 36.0 Å². The van der Waals surface area contributed by atoms with Crippen LogP contribution in [0.15, 0.2) is 60.9 Å². The smallest absolute Gasteiger partial charge is 0.303 e. The minimum Gasteiger partial charge on any atom is -0.481 e. The number of carboxylic acid groups (broad SMARTS) is 1. The first kappa shape index (κ1) is 34.0. The van der Waals surface area contributed by atoms with Gasteiger partial charge < -0.3 is 15.3 Å². The van der Waals surface area contributed by atoms with Gasteiger partial charge in [-0.2, -0.15) is 0 Å². The minimum absolute atomic E-state index is 0.133. The second-order valence-electron chi connectivity index (χ2n) is 13.3. The molecule has 2 N–H and O–H groups in total. The molecule has 2 aromatic carbocycles. The molecule has 5 aromatic rings. The third-order valence-electron chi connectivity index (χ3n) is 9.75. The van der Waals surface area contributed by atoms with Crippen molar-refractivity contribution in [1.29, 1.82) is 0 Å². The zero-order chi connectivity index (χ0) is 34.9. The summed E-state index contributed by atoms with van der Waals surface area (Å²) in [6.45, 7) is 8.96. The molecule has 12 heteroatoms. The van der Waals surface area contributed by atoms with Crippen LogP contribution >= 0.6 is 22.9 Å². The monoisotopic (exact) mass is 709 g/mol. The molecule has 5 heterocycles. The summed E-state index contributed by atoms with van der Waals surface area (Å²) in [6.07, 6.45) is 4.77. The summed E-state index contributed by atoms with van der Waals surface area (Å²) in [5.74, 6) is 0.215. The predicted octanol–water partition coefficient (Wildman–Crippen LogP) is 7.22. The molecule has 50 heavy (non-hydrogen) atoms. The molecule has 1 fully saturated rings. The van der Waals surface area contributed by atoms with E-state index in [0.717, 1.165) is 92.6 Å². The average Bonchev–Trinajstić information content (AvgIpc) is 3.81. The Kier molecular flexibility index (Phi) is 9.83. The third kappa shape index (κ3) is 7.09. The van der Waals surface area contributed by atoms with Gasteiger partial charge in [-0.1, -0.05) is 48.9 Å². The summed E-state index contributed by atoms with van der Waals surface area (Å²) in [5.41, 5.74) is 7.60. The number of halogens is 1. The molecule has 0 bridgehead atoms. The van der Waals surface area contributed by atoms with Crippen molar-refractivity contribution in [2.24, 2.45) is 5.92 Å². The topological polar surface area (TPSA) is 115 Å². The molecule has 1 saturated heterocycles. The molecule has 2 aliphatic rings. The molecule has 1 amide bonds. The maximum absolute atomic E-state index is 12.8. The molecule has 1 unspecified atom stereocenters. The van der Waals surface area contributed by atoms with Crippen molar-refractivity contribution in [2.75, 3.05) is 38.5 Å². The highest BCUT2D eigenvalue weighted by atomic mass is 35.5. The lowest BCUT2D eigenvalue weighted by molar-refractivity contribution is -0.138. The number of hydrogen-bond acceptors (Lipinski definition) is 9. The lowest BCUT2D eigenvalue weighted by Gasteiger charge is -2.20. The minimum atomic E-state index is -0.733. The quantitative estimate of drug-likeness (QED) is 0.147. The van der Waals surface area contributed by atoms with Gasteiger partial charge in [0.25, 0.3) is 0 Å². The second kappa shape index (κ2) is 14.4. The second-order valence-corrected chi connectivity index (χ2v) is 14.8. The van der Waals surface area contributed by atoms with Gasteiger partial charge in [-0.25, -0.2) is 9.97 Å². The van der Waals surface area contributed by atoms with Crippen molar-refractivity contribution < 1.29 is 14.7 Å². The first-order valence-corrected chi connectivity index (χ1v) is 18.1. The molecule has 0 saturated carbocycles. The fraction of sp³-hybridized carbons (Fsp3) is 0.342. The van der Waals surface area contributed by atoms with Crippen molar-refractivity contribution in [1.82, 2.24) is 29.7 Å². The number of pyridine rings is 2. The van der Waals surface area contributed by atoms with E-state index in [1.165, 1.54) is 0 Å². The number of thiazole rings is 1. The number of carbonyl (C=O) groups is 2. The Hall–Kier alpha value is -4.42. The summed E-state index contributed by atoms with van der Waals surface area (Å²) in [4.78, 5) is 45.6. The predicted molar refractivity (Wildman–Crippen MR) is 199 cm³/mol. The van der Waals surface area contributed by atoms with E-state index in [1.807, 2.05) is 60.3 Å². The summed E-state index contributed by atoms with van der Waals surface area (Å²) >= 11 is 8.78. The Labute approximate surface area is 300 Å². The van der Waals surface area contributed by atoms with Crippen LogP contribution in [0, 0.1) is 12.8 Å². The van der Waals surface area contributed by atoms with Crippen LogP contribution in [0.3, 0.4) is 0 Å². The van der Waals surface area contributed by atoms with Gasteiger partial charge >= 0.3 is 5.97 Å². The zero-order valence-electron chi connectivity index (χ0n) is 28.4. The molecule has 0 spiro atoms. The first-order chi connectivity index (χ1) is 24.2. The van der Waals surface area contributed by atoms with Crippen molar-refractivity contribution >= 4 is 57.2 Å². The summed E-state index contributed by atoms with van der Waals surface area (Å²) in [5, 5.41) is 15.1. The third-order valence-corrected chi connectivity index (χ3v) is 11.3. The van der Waals surface area contributed by atoms with Crippen molar-refractivity contribution in [3.63, 3.8) is 0 Å². The number of nitrogens with zero attached hydrogens (tertiary/aromatic N) is 6. The van der Waals surface area contributed by atoms with Gasteiger partial charge in [0, 0.05) is 53.3 Å². The van der Waals surface area contributed by atoms with Crippen LogP contribution in [0.4, 0.5) is 11.5 Å². The molecule has 1 atom stereocenters. The Morgan fingerprint density at radius 1 is 1.10 bits per heavy atom. The standard InChI is InChI=1S/C38H40ClN7O3S/c1-4-44(3)22-33(47)46-20-31-32(21-46)50-38(43-31)28-8-5-7-27(23(28)2)29-9-6-10-30(35(29)39)42-37-36-26(11-13-40-37)15-25(17-41-36)19-45-14-12-24(18-45)16-34(48)49/h5-11,13,15,17,24H,4,12,14,16,18-22H2,1-3H3,(H,40,42)(H,48,49). The number of likely N-dealkylation sites (N-methyl/N-ethyl adjacent to an activating group) is 1. The molecular weight excluding hydrogens is 670 g/mol. The molecule has 10 nitrogen and oxygen atoms in total. The van der Waals surface area contributed by atoms with Crippen LogP contribution in [-0.4, -0.2) is 79.9 Å². The summed E-state index contributed by atoms with van der Waals surface area (Å²) in [7, 11) is 1.96. The highest BCUT2D eigenvalue weighted by Gasteiger charge is 2.29. The van der Waals surface area contributed by atoms with Gasteiger partial charge in [-0.15, -0.1) is 11.3 Å². The van der Waals surface area contributed by atoms with Crippen molar-refractivity contribution in [3.05, 3.63) is 87.6 Å². The Balaban J connectivity index is 1.09. The van der Waals surface area contributed by atoms with Crippen LogP contribution in [0.25, 0.3) is 32.6 Å². The number of carboxylic acids is 1. The molecule has 258 valence electrons. The van der Waals surface area contributed by atoms with E-state index < -0.39 is 5.97 Å². The highest BCUT2D eigenvalue weighted by Crippen LogP contribution is 2.41. The highest BCUT2D eigenvalue weighted by molar-refractivity contribution is 7.15. The number of hydrogen-bond donors (Lipinski definition) is 2. The summed E-state index contributed by atoms with van der Waals surface area (Å²) < 4.78 is 0. The first-order valence-electron chi connectivity index (χ1n) is 17.0. The van der Waals surface area contributed by atoms with E-state index in [1.54, 1.807) is 17.5 Å². The van der Waals surface area contributed by atoms with Gasteiger partial charge in [-0.3, -0.25) is 24.4 Å². The number of amides is 1. The van der Waals surface area contributed by atoms with Crippen molar-refractivity contribution in [2.45, 2.75) is 46.3 Å². The van der Waals surface area contributed by atoms with E-state index in [4.69, 9.17) is 26.7 Å². The average molecular weight is 710 g/mol. The number of benzene rings is 2. The number of likely N-dealkylation sites (tertiary alicyclic amines) is 1. The van der Waals surface area contributed by atoms with E-state index in [9.17, 15) is 9.59 Å². The Bertz CT molecular complexity index is 2060. The Morgan fingerprint density at radius 3 is 2.70 bits per heavy atom. The van der Waals surface area contributed by atoms with Gasteiger partial charge in [0.1, 0.15) is 10.5 Å². The molecule has 2 aliphatic heterocycles. The summed E-state index contributed by atoms with van der Waals surface area (Å²) in [6, 6.07) is 16.3. The molecular formula is C38H40ClN7O3S. The normalized spacial score (nSPS) is 16.0. The molecule has 7 rings (SSSR count). The number of anilines is 2. The van der Waals surface area contributed by atoms with Gasteiger partial charge in [-0.05, 0) is 74.3 Å². The number of aliphatic carboxylic acids is 1. The van der Waals surface area contributed by atoms with E-state index >= 15 is 0 Å². The van der Waals surface area contributed by atoms with E-state index in [-0.39, 0.29) is 18.2 Å². The molecule has 3 aromatic heterocycles. The van der Waals surface area contributed by atoms with Crippen LogP contribution in [0.1, 0.15) is 41.5 Å². The largest absolute Gasteiger partial charge is 0.481 e. The molecule has 0 aliphatic carbocycles. The number of nitrogens with one attached hydrogen (secondary N) is 1. The maximum atomic E-state index is 12.8. The lowest BCUT2D eigenvalue weighted by Crippen LogP contribution is -2.35. The van der Waals surface area contributed by atoms with Crippen LogP contribution in [0.5, 0.6) is 0 Å². The number of rotatable bonds is 11. The number of fused-ring (bicyclic) bond motifs is 2. The lowest BCUT2D eigenvalue weighted by atomic mass is 9.96. The van der Waals surface area contributed by atoms with Crippen LogP contribution in [-0.2, 0) is 29.2 Å².